The van der Waals surface area contributed by atoms with Crippen LogP contribution in [0.5, 0.6) is 0 Å². The first kappa shape index (κ1) is 14.0. The molecule has 0 aliphatic heterocycles. The van der Waals surface area contributed by atoms with Crippen LogP contribution in [-0.4, -0.2) is 5.11 Å². The first-order chi connectivity index (χ1) is 7.71. The van der Waals surface area contributed by atoms with Crippen LogP contribution >= 0.6 is 0 Å². The maximum Gasteiger partial charge on any atom is 0.419 e. The van der Waals surface area contributed by atoms with E-state index >= 15 is 0 Å². The predicted molar refractivity (Wildman–Crippen MR) is 55.8 cm³/mol. The summed E-state index contributed by atoms with van der Waals surface area (Å²) in [6.07, 6.45) is -5.41. The summed E-state index contributed by atoms with van der Waals surface area (Å²) in [5.41, 5.74) is -1.25. The topological polar surface area (TPSA) is 20.2 Å². The minimum atomic E-state index is -4.74. The van der Waals surface area contributed by atoms with Crippen molar-refractivity contribution in [2.45, 2.75) is 32.5 Å². The zero-order chi connectivity index (χ0) is 13.2. The number of aliphatic hydroxyl groups is 1. The minimum absolute atomic E-state index is 0.0902. The number of halogens is 4. The Kier molecular flexibility index (Phi) is 4.14. The molecule has 1 aromatic rings. The molecule has 0 spiro atoms. The van der Waals surface area contributed by atoms with Crippen LogP contribution in [-0.2, 0) is 6.18 Å². The maximum absolute atomic E-state index is 13.0. The second kappa shape index (κ2) is 5.04. The Morgan fingerprint density at radius 2 is 1.82 bits per heavy atom. The summed E-state index contributed by atoms with van der Waals surface area (Å²) in [6.45, 7) is 3.69. The summed E-state index contributed by atoms with van der Waals surface area (Å²) in [5, 5.41) is 9.68. The van der Waals surface area contributed by atoms with Crippen LogP contribution < -0.4 is 0 Å². The van der Waals surface area contributed by atoms with Gasteiger partial charge in [0.05, 0.1) is 11.7 Å². The first-order valence-corrected chi connectivity index (χ1v) is 5.26. The number of hydrogen-bond acceptors (Lipinski definition) is 1. The molecule has 1 N–H and O–H groups in total. The summed E-state index contributed by atoms with van der Waals surface area (Å²) < 4.78 is 50.3. The summed E-state index contributed by atoms with van der Waals surface area (Å²) in [5.74, 6) is -1.18. The van der Waals surface area contributed by atoms with Gasteiger partial charge in [0.25, 0.3) is 0 Å². The Morgan fingerprint density at radius 3 is 2.29 bits per heavy atom. The molecule has 1 rings (SSSR count). The van der Waals surface area contributed by atoms with Gasteiger partial charge in [-0.25, -0.2) is 4.39 Å². The molecule has 0 aliphatic carbocycles. The van der Waals surface area contributed by atoms with Gasteiger partial charge in [-0.1, -0.05) is 19.9 Å². The van der Waals surface area contributed by atoms with Crippen molar-refractivity contribution < 1.29 is 22.7 Å². The van der Waals surface area contributed by atoms with Crippen LogP contribution in [0.4, 0.5) is 17.6 Å². The number of rotatable bonds is 3. The molecule has 1 nitrogen and oxygen atoms in total. The lowest BCUT2D eigenvalue weighted by Gasteiger charge is -2.15. The molecular formula is C12H14F4O. The van der Waals surface area contributed by atoms with Gasteiger partial charge >= 0.3 is 6.18 Å². The van der Waals surface area contributed by atoms with E-state index in [0.717, 1.165) is 6.07 Å². The van der Waals surface area contributed by atoms with Gasteiger partial charge in [0.15, 0.2) is 0 Å². The lowest BCUT2D eigenvalue weighted by molar-refractivity contribution is -0.140. The van der Waals surface area contributed by atoms with Crippen molar-refractivity contribution in [2.75, 3.05) is 0 Å². The van der Waals surface area contributed by atoms with E-state index in [1.54, 1.807) is 0 Å². The SMILES string of the molecule is CC(C)CC(O)c1ccc(F)c(C(F)(F)F)c1. The molecule has 1 atom stereocenters. The molecule has 0 saturated carbocycles. The Hall–Kier alpha value is -1.10. The van der Waals surface area contributed by atoms with E-state index in [4.69, 9.17) is 0 Å². The fraction of sp³-hybridized carbons (Fsp3) is 0.500. The third-order valence-electron chi connectivity index (χ3n) is 2.38. The number of hydrogen-bond donors (Lipinski definition) is 1. The number of benzene rings is 1. The fourth-order valence-electron chi connectivity index (χ4n) is 1.55. The minimum Gasteiger partial charge on any atom is -0.388 e. The summed E-state index contributed by atoms with van der Waals surface area (Å²) in [6, 6.07) is 2.59. The largest absolute Gasteiger partial charge is 0.419 e. The molecule has 0 fully saturated rings. The van der Waals surface area contributed by atoms with E-state index < -0.39 is 23.7 Å². The zero-order valence-corrected chi connectivity index (χ0v) is 9.55. The van der Waals surface area contributed by atoms with Crippen LogP contribution in [0.2, 0.25) is 0 Å². The van der Waals surface area contributed by atoms with E-state index in [9.17, 15) is 22.7 Å². The van der Waals surface area contributed by atoms with Crippen molar-refractivity contribution in [1.29, 1.82) is 0 Å². The van der Waals surface area contributed by atoms with Gasteiger partial charge in [-0.15, -0.1) is 0 Å². The lowest BCUT2D eigenvalue weighted by Crippen LogP contribution is -2.10. The Labute approximate surface area is 97.1 Å². The standard InChI is InChI=1S/C12H14F4O/c1-7(2)5-11(17)8-3-4-10(13)9(6-8)12(14,15)16/h3-4,6-7,11,17H,5H2,1-2H3. The quantitative estimate of drug-likeness (QED) is 0.806. The first-order valence-electron chi connectivity index (χ1n) is 5.26. The van der Waals surface area contributed by atoms with Gasteiger partial charge in [-0.3, -0.25) is 0 Å². The van der Waals surface area contributed by atoms with Crippen LogP contribution in [0, 0.1) is 11.7 Å². The Balaban J connectivity index is 3.04. The van der Waals surface area contributed by atoms with E-state index in [1.807, 2.05) is 13.8 Å². The van der Waals surface area contributed by atoms with Crippen LogP contribution in [0.3, 0.4) is 0 Å². The van der Waals surface area contributed by atoms with Crippen molar-refractivity contribution in [3.63, 3.8) is 0 Å². The fourth-order valence-corrected chi connectivity index (χ4v) is 1.55. The third kappa shape index (κ3) is 3.70. The lowest BCUT2D eigenvalue weighted by atomic mass is 9.98. The van der Waals surface area contributed by atoms with Gasteiger partial charge < -0.3 is 5.11 Å². The van der Waals surface area contributed by atoms with E-state index in [-0.39, 0.29) is 11.5 Å². The van der Waals surface area contributed by atoms with Gasteiger partial charge in [0, 0.05) is 0 Å². The molecule has 0 bridgehead atoms. The Bertz CT molecular complexity index is 385. The molecule has 1 unspecified atom stereocenters. The van der Waals surface area contributed by atoms with Crippen molar-refractivity contribution >= 4 is 0 Å². The van der Waals surface area contributed by atoms with Gasteiger partial charge in [-0.05, 0) is 30.0 Å². The van der Waals surface area contributed by atoms with Crippen molar-refractivity contribution in [2.24, 2.45) is 5.92 Å². The molecule has 0 aliphatic rings. The molecule has 0 aromatic heterocycles. The van der Waals surface area contributed by atoms with Gasteiger partial charge in [0.1, 0.15) is 5.82 Å². The highest BCUT2D eigenvalue weighted by atomic mass is 19.4. The second-order valence-corrected chi connectivity index (χ2v) is 4.38. The Morgan fingerprint density at radius 1 is 1.24 bits per heavy atom. The highest BCUT2D eigenvalue weighted by Crippen LogP contribution is 2.33. The molecule has 5 heteroatoms. The monoisotopic (exact) mass is 250 g/mol. The third-order valence-corrected chi connectivity index (χ3v) is 2.38. The number of aliphatic hydroxyl groups excluding tert-OH is 1. The van der Waals surface area contributed by atoms with Gasteiger partial charge in [0.2, 0.25) is 0 Å². The molecule has 1 aromatic carbocycles. The summed E-state index contributed by atoms with van der Waals surface area (Å²) >= 11 is 0. The summed E-state index contributed by atoms with van der Waals surface area (Å²) in [7, 11) is 0. The smallest absolute Gasteiger partial charge is 0.388 e. The molecule has 96 valence electrons. The molecule has 0 amide bonds. The van der Waals surface area contributed by atoms with E-state index in [2.05, 4.69) is 0 Å². The van der Waals surface area contributed by atoms with Crippen molar-refractivity contribution in [1.82, 2.24) is 0 Å². The summed E-state index contributed by atoms with van der Waals surface area (Å²) in [4.78, 5) is 0. The normalized spacial score (nSPS) is 14.1. The second-order valence-electron chi connectivity index (χ2n) is 4.38. The van der Waals surface area contributed by atoms with Crippen LogP contribution in [0.15, 0.2) is 18.2 Å². The molecular weight excluding hydrogens is 236 g/mol. The molecule has 17 heavy (non-hydrogen) atoms. The maximum atomic E-state index is 13.0. The highest BCUT2D eigenvalue weighted by Gasteiger charge is 2.34. The predicted octanol–water partition coefficient (Wildman–Crippen LogP) is 3.92. The zero-order valence-electron chi connectivity index (χ0n) is 9.55. The number of alkyl halides is 3. The van der Waals surface area contributed by atoms with Crippen molar-refractivity contribution in [3.8, 4) is 0 Å². The highest BCUT2D eigenvalue weighted by molar-refractivity contribution is 5.28. The van der Waals surface area contributed by atoms with Crippen LogP contribution in [0.25, 0.3) is 0 Å². The molecule has 0 heterocycles. The van der Waals surface area contributed by atoms with Crippen LogP contribution in [0.1, 0.15) is 37.5 Å². The van der Waals surface area contributed by atoms with Crippen molar-refractivity contribution in [3.05, 3.63) is 35.1 Å². The van der Waals surface area contributed by atoms with E-state index in [1.165, 1.54) is 6.07 Å². The molecule has 0 saturated heterocycles. The van der Waals surface area contributed by atoms with Gasteiger partial charge in [-0.2, -0.15) is 13.2 Å². The average Bonchev–Trinajstić information content (AvgIpc) is 2.15. The average molecular weight is 250 g/mol. The molecule has 0 radical (unpaired) electrons. The van der Waals surface area contributed by atoms with E-state index in [0.29, 0.717) is 12.5 Å².